The van der Waals surface area contributed by atoms with Crippen LogP contribution in [0.4, 0.5) is 18.0 Å². The number of alkyl carbamates (subject to hydrolysis) is 1. The quantitative estimate of drug-likeness (QED) is 0.0635. The molecule has 2 radical (unpaired) electrons. The van der Waals surface area contributed by atoms with E-state index in [0.717, 1.165) is 52.6 Å². The number of ether oxygens (including phenoxy) is 2. The third-order valence-electron chi connectivity index (χ3n) is 13.7. The number of carbonyl (C=O) groups excluding carboxylic acids is 2. The van der Waals surface area contributed by atoms with E-state index in [0.29, 0.717) is 16.6 Å². The fourth-order valence-electron chi connectivity index (χ4n) is 9.78. The van der Waals surface area contributed by atoms with Crippen LogP contribution in [0.2, 0.25) is 5.82 Å². The van der Waals surface area contributed by atoms with Crippen LogP contribution >= 0.6 is 0 Å². The van der Waals surface area contributed by atoms with E-state index in [4.69, 9.17) is 37.2 Å². The van der Waals surface area contributed by atoms with E-state index in [1.54, 1.807) is 46.8 Å². The van der Waals surface area contributed by atoms with Gasteiger partial charge < -0.3 is 25.6 Å². The van der Waals surface area contributed by atoms with Gasteiger partial charge in [0.15, 0.2) is 12.2 Å². The van der Waals surface area contributed by atoms with Gasteiger partial charge in [-0.2, -0.15) is 13.2 Å². The minimum absolute atomic E-state index is 0.0150. The number of nitrogens with one attached hydrogen (secondary N) is 1. The standard InChI is InChI=1S/C19H31B.C12H21NO2.C7H15NO.C5H5F3O2.C5H7/c1-10-14-6-12(18(14,3)4)7-15(10)19(5)13-8-16(19)11(2)17(20)9-13;1-9-5-7-10(8-6-9)13-11(14)15-12(2,3)4;1-5-2-3-6(8)4-7(5)9;1-2-4(9)10-3-5(6,7)8;1-4-5(2)3/h10-17H,6-9H2,1-5H3;5,10H,6-8H2,1-4H3,(H,13,14);5-7,9H,2-4,8H2,1H3;2H,1,3H2;2,4H,1H2,3H3/q;;;;+1/t10-,11-,12+,13+,14-,15-,16-,17-,19?;10-;5-,6-,7-;;/m001../s1/i;8D2,10D;3D2,6D;1D2,2D;. The molecule has 0 heterocycles. The average molecular weight is 841 g/mol. The molecule has 8 aliphatic carbocycles. The van der Waals surface area contributed by atoms with E-state index >= 15 is 0 Å². The molecule has 0 spiro atoms. The van der Waals surface area contributed by atoms with Gasteiger partial charge in [-0.25, -0.2) is 9.59 Å². The second kappa shape index (κ2) is 22.0. The Bertz CT molecular complexity index is 1840. The van der Waals surface area contributed by atoms with Crippen LogP contribution in [0, 0.1) is 64.8 Å². The van der Waals surface area contributed by atoms with Gasteiger partial charge in [0.2, 0.25) is 0 Å². The Labute approximate surface area is 370 Å². The van der Waals surface area contributed by atoms with Crippen molar-refractivity contribution in [1.82, 2.24) is 5.32 Å². The van der Waals surface area contributed by atoms with Crippen molar-refractivity contribution < 1.29 is 49.7 Å². The Morgan fingerprint density at radius 1 is 1.10 bits per heavy atom. The van der Waals surface area contributed by atoms with Gasteiger partial charge in [0.1, 0.15) is 5.60 Å². The van der Waals surface area contributed by atoms with Crippen molar-refractivity contribution in [1.29, 1.82) is 0 Å². The van der Waals surface area contributed by atoms with Crippen molar-refractivity contribution in [3.63, 3.8) is 0 Å². The van der Waals surface area contributed by atoms with Gasteiger partial charge in [0.25, 0.3) is 0 Å². The number of aliphatic hydroxyl groups excluding tert-OH is 1. The van der Waals surface area contributed by atoms with Crippen molar-refractivity contribution in [2.24, 2.45) is 63.9 Å². The fraction of sp³-hybridized carbons (Fsp3) is 0.792. The molecule has 11 heteroatoms. The minimum Gasteiger partial charge on any atom is -0.453 e. The normalized spacial score (nSPS) is 42.6. The highest BCUT2D eigenvalue weighted by Crippen LogP contribution is 2.74. The number of halogens is 3. The summed E-state index contributed by atoms with van der Waals surface area (Å²) in [6, 6.07) is -4.52. The predicted octanol–water partition coefficient (Wildman–Crippen LogP) is 11.3. The summed E-state index contributed by atoms with van der Waals surface area (Å²) in [5, 5.41) is 11.7. The van der Waals surface area contributed by atoms with Crippen LogP contribution in [0.25, 0.3) is 0 Å². The number of aliphatic hydroxyl groups is 1. The lowest BCUT2D eigenvalue weighted by molar-refractivity contribution is -0.227. The van der Waals surface area contributed by atoms with Gasteiger partial charge in [0.05, 0.1) is 32.1 Å². The van der Waals surface area contributed by atoms with E-state index in [1.807, 2.05) is 6.92 Å². The molecule has 0 aromatic heterocycles. The van der Waals surface area contributed by atoms with Crippen molar-refractivity contribution >= 4 is 19.9 Å². The molecule has 8 aliphatic rings. The number of alkyl halides is 3. The number of nitrogens with two attached hydrogens (primary N) is 1. The van der Waals surface area contributed by atoms with Gasteiger partial charge in [-0.3, -0.25) is 0 Å². The van der Waals surface area contributed by atoms with Crippen LogP contribution in [-0.4, -0.2) is 61.5 Å². The smallest absolute Gasteiger partial charge is 0.422 e. The molecule has 0 aromatic carbocycles. The maximum atomic E-state index is 11.7. The summed E-state index contributed by atoms with van der Waals surface area (Å²) >= 11 is 0. The lowest BCUT2D eigenvalue weighted by Gasteiger charge is -2.72. The number of hydrogen-bond donors (Lipinski definition) is 3. The SMILES string of the molecule is [2H]C([2H])=C([2H])C(=O)OCC(F)(F)F.[2H]C1([2H])CC(C)=CC[C@]1([2H])NC(=O)OC(C)(C)C.[2H]C1([2H])C[C@@H](C)[C@H](O)C[C@]1([2H])N.[B][C@H]1C[C@H]2C[C@@H]([C@@H]1C)C2(C)[C@H]1C[C@H]2C[C@@H]([C@@H]1C)C2(C)C.[CH+]=C(C)C=C. The van der Waals surface area contributed by atoms with Crippen molar-refractivity contribution in [3.05, 3.63) is 49.0 Å². The number of allylic oxidation sites excluding steroid dienone is 3. The molecule has 334 valence electrons. The van der Waals surface area contributed by atoms with Gasteiger partial charge in [-0.05, 0) is 150 Å². The maximum absolute atomic E-state index is 11.7. The number of esters is 1. The third-order valence-corrected chi connectivity index (χ3v) is 13.7. The van der Waals surface area contributed by atoms with Crippen LogP contribution in [0.15, 0.2) is 42.5 Å². The second-order valence-corrected chi connectivity index (χ2v) is 19.4. The summed E-state index contributed by atoms with van der Waals surface area (Å²) in [5.41, 5.74) is 7.71. The molecule has 7 nitrogen and oxygen atoms in total. The second-order valence-electron chi connectivity index (χ2n) is 19.4. The first kappa shape index (κ1) is 39.2. The Morgan fingerprint density at radius 3 is 2.15 bits per heavy atom. The highest BCUT2D eigenvalue weighted by Gasteiger charge is 2.66. The van der Waals surface area contributed by atoms with Crippen molar-refractivity contribution in [2.75, 3.05) is 6.61 Å². The van der Waals surface area contributed by atoms with Crippen LogP contribution < -0.4 is 11.1 Å². The summed E-state index contributed by atoms with van der Waals surface area (Å²) in [5.74, 6) is 5.28. The van der Waals surface area contributed by atoms with Crippen LogP contribution in [0.3, 0.4) is 0 Å². The Kier molecular flexibility index (Phi) is 14.6. The predicted molar refractivity (Wildman–Crippen MR) is 234 cm³/mol. The molecule has 1 amide bonds. The molecule has 7 saturated carbocycles. The molecular weight excluding hydrogens is 752 g/mol. The lowest BCUT2D eigenvalue weighted by atomic mass is 9.32. The minimum atomic E-state index is -4.67. The van der Waals surface area contributed by atoms with Crippen molar-refractivity contribution in [2.45, 2.75) is 176 Å². The Hall–Kier alpha value is -2.62. The fourth-order valence-corrected chi connectivity index (χ4v) is 9.78. The number of carbonyl (C=O) groups is 2. The van der Waals surface area contributed by atoms with Gasteiger partial charge in [-0.1, -0.05) is 72.0 Å². The van der Waals surface area contributed by atoms with Gasteiger partial charge in [-0.15, -0.1) is 0 Å². The summed E-state index contributed by atoms with van der Waals surface area (Å²) < 4.78 is 109. The number of fused-ring (bicyclic) bond motifs is 5. The van der Waals surface area contributed by atoms with E-state index in [-0.39, 0.29) is 31.6 Å². The Balaban J connectivity index is 0.000000307. The van der Waals surface area contributed by atoms with Gasteiger partial charge >= 0.3 is 18.2 Å². The molecule has 4 bridgehead atoms. The summed E-state index contributed by atoms with van der Waals surface area (Å²) in [7, 11) is 6.36. The average Bonchev–Trinajstić information content (AvgIpc) is 3.17. The molecule has 7 fully saturated rings. The monoisotopic (exact) mass is 841 g/mol. The first-order valence-electron chi connectivity index (χ1n) is 25.5. The molecular formula is C48H79BF3N2O5+. The first-order valence-corrected chi connectivity index (χ1v) is 21.0. The highest BCUT2D eigenvalue weighted by atomic mass is 19.4. The largest absolute Gasteiger partial charge is 0.453 e. The topological polar surface area (TPSA) is 111 Å². The molecule has 59 heavy (non-hydrogen) atoms. The molecule has 4 N–H and O–H groups in total. The van der Waals surface area contributed by atoms with Crippen LogP contribution in [0.5, 0.6) is 0 Å². The van der Waals surface area contributed by atoms with Crippen LogP contribution in [0.1, 0.15) is 153 Å². The highest BCUT2D eigenvalue weighted by molar-refractivity contribution is 6.12. The summed E-state index contributed by atoms with van der Waals surface area (Å²) in [6.45, 7) is 28.8. The summed E-state index contributed by atoms with van der Waals surface area (Å²) in [6.07, 6.45) is 0.114. The molecule has 13 atom stereocenters. The molecule has 1 unspecified atom stereocenters. The van der Waals surface area contributed by atoms with Crippen LogP contribution in [-0.2, 0) is 14.3 Å². The maximum Gasteiger partial charge on any atom is 0.422 e. The summed E-state index contributed by atoms with van der Waals surface area (Å²) in [4.78, 5) is 22.1. The molecule has 0 saturated heterocycles. The van der Waals surface area contributed by atoms with E-state index < -0.39 is 73.9 Å². The number of rotatable bonds is 5. The number of amides is 1. The zero-order valence-electron chi connectivity index (χ0n) is 46.4. The third kappa shape index (κ3) is 15.4. The van der Waals surface area contributed by atoms with Gasteiger partial charge in [0, 0.05) is 31.9 Å². The molecule has 0 aliphatic heterocycles. The zero-order valence-corrected chi connectivity index (χ0v) is 37.4. The molecule has 8 rings (SSSR count). The lowest BCUT2D eigenvalue weighted by Crippen LogP contribution is -2.65. The zero-order chi connectivity index (χ0) is 53.1. The molecule has 0 aromatic rings. The Morgan fingerprint density at radius 2 is 1.68 bits per heavy atom. The van der Waals surface area contributed by atoms with E-state index in [9.17, 15) is 27.9 Å². The van der Waals surface area contributed by atoms with Crippen molar-refractivity contribution in [3.8, 4) is 0 Å². The van der Waals surface area contributed by atoms with E-state index in [1.165, 1.54) is 25.7 Å². The van der Waals surface area contributed by atoms with E-state index in [2.05, 4.69) is 51.3 Å². The number of hydrogen-bond acceptors (Lipinski definition) is 6. The first-order chi connectivity index (χ1) is 30.5.